The molecule has 20 heavy (non-hydrogen) atoms. The van der Waals surface area contributed by atoms with Gasteiger partial charge in [0.25, 0.3) is 0 Å². The van der Waals surface area contributed by atoms with Crippen LogP contribution in [0.2, 0.25) is 0 Å². The number of anilines is 2. The fourth-order valence-electron chi connectivity index (χ4n) is 1.76. The molecule has 1 unspecified atom stereocenters. The summed E-state index contributed by atoms with van der Waals surface area (Å²) in [5, 5.41) is 13.7. The Balaban J connectivity index is 1.89. The van der Waals surface area contributed by atoms with Gasteiger partial charge in [-0.2, -0.15) is 5.10 Å². The van der Waals surface area contributed by atoms with Crippen LogP contribution >= 0.6 is 0 Å². The number of carbonyl (C=O) groups excluding carboxylic acids is 1. The molecular weight excluding hydrogens is 258 g/mol. The number of rotatable bonds is 6. The van der Waals surface area contributed by atoms with Crippen LogP contribution in [-0.2, 0) is 11.3 Å². The fraction of sp³-hybridized carbons (Fsp3) is 0.462. The minimum Gasteiger partial charge on any atom is -0.371 e. The van der Waals surface area contributed by atoms with Crippen molar-refractivity contribution in [3.63, 3.8) is 0 Å². The summed E-state index contributed by atoms with van der Waals surface area (Å²) in [4.78, 5) is 12.0. The largest absolute Gasteiger partial charge is 0.371 e. The zero-order chi connectivity index (χ0) is 14.5. The van der Waals surface area contributed by atoms with Crippen molar-refractivity contribution in [1.29, 1.82) is 0 Å². The monoisotopic (exact) mass is 277 g/mol. The number of nitrogens with one attached hydrogen (secondary N) is 2. The predicted molar refractivity (Wildman–Crippen MR) is 75.5 cm³/mol. The molecular formula is C13H19N5O2. The van der Waals surface area contributed by atoms with Crippen molar-refractivity contribution in [2.45, 2.75) is 39.8 Å². The molecule has 2 aromatic heterocycles. The van der Waals surface area contributed by atoms with Crippen molar-refractivity contribution < 1.29 is 9.32 Å². The molecule has 0 spiro atoms. The molecule has 7 heteroatoms. The Morgan fingerprint density at radius 1 is 1.55 bits per heavy atom. The second-order valence-corrected chi connectivity index (χ2v) is 4.68. The Kier molecular flexibility index (Phi) is 4.39. The van der Waals surface area contributed by atoms with Crippen LogP contribution in [0.15, 0.2) is 23.0 Å². The number of aromatic nitrogens is 3. The number of nitrogens with zero attached hydrogens (tertiary/aromatic N) is 3. The first kappa shape index (κ1) is 14.1. The van der Waals surface area contributed by atoms with Crippen molar-refractivity contribution in [2.75, 3.05) is 10.6 Å². The van der Waals surface area contributed by atoms with Gasteiger partial charge in [-0.15, -0.1) is 0 Å². The third-order valence-corrected chi connectivity index (χ3v) is 2.74. The summed E-state index contributed by atoms with van der Waals surface area (Å²) in [5.74, 6) is 0.159. The molecule has 0 saturated carbocycles. The van der Waals surface area contributed by atoms with E-state index in [9.17, 15) is 4.79 Å². The van der Waals surface area contributed by atoms with Crippen LogP contribution in [0.5, 0.6) is 0 Å². The predicted octanol–water partition coefficient (Wildman–Crippen LogP) is 2.03. The van der Waals surface area contributed by atoms with Gasteiger partial charge in [-0.1, -0.05) is 12.1 Å². The highest BCUT2D eigenvalue weighted by molar-refractivity contribution is 5.95. The lowest BCUT2D eigenvalue weighted by molar-refractivity contribution is -0.116. The normalized spacial score (nSPS) is 12.2. The van der Waals surface area contributed by atoms with Gasteiger partial charge >= 0.3 is 0 Å². The van der Waals surface area contributed by atoms with Crippen molar-refractivity contribution >= 4 is 17.5 Å². The van der Waals surface area contributed by atoms with E-state index in [2.05, 4.69) is 27.8 Å². The van der Waals surface area contributed by atoms with E-state index < -0.39 is 6.04 Å². The van der Waals surface area contributed by atoms with Crippen molar-refractivity contribution in [1.82, 2.24) is 14.9 Å². The quantitative estimate of drug-likeness (QED) is 0.844. The second-order valence-electron chi connectivity index (χ2n) is 4.68. The van der Waals surface area contributed by atoms with E-state index in [-0.39, 0.29) is 5.91 Å². The van der Waals surface area contributed by atoms with Crippen LogP contribution in [0.4, 0.5) is 11.6 Å². The van der Waals surface area contributed by atoms with Crippen LogP contribution in [0.1, 0.15) is 26.0 Å². The van der Waals surface area contributed by atoms with Crippen LogP contribution in [0.3, 0.4) is 0 Å². The second kappa shape index (κ2) is 6.23. The van der Waals surface area contributed by atoms with E-state index in [0.29, 0.717) is 5.88 Å². The highest BCUT2D eigenvalue weighted by Crippen LogP contribution is 2.11. The van der Waals surface area contributed by atoms with Gasteiger partial charge in [0.1, 0.15) is 6.04 Å². The third kappa shape index (κ3) is 3.59. The minimum atomic E-state index is -0.403. The van der Waals surface area contributed by atoms with Crippen molar-refractivity contribution in [3.05, 3.63) is 24.2 Å². The van der Waals surface area contributed by atoms with Crippen molar-refractivity contribution in [3.8, 4) is 0 Å². The maximum Gasteiger partial charge on any atom is 0.248 e. The molecule has 1 amide bonds. The zero-order valence-corrected chi connectivity index (χ0v) is 11.9. The van der Waals surface area contributed by atoms with Gasteiger partial charge in [0, 0.05) is 18.8 Å². The summed E-state index contributed by atoms with van der Waals surface area (Å²) in [6.07, 6.45) is 4.60. The van der Waals surface area contributed by atoms with E-state index in [1.165, 1.54) is 0 Å². The lowest BCUT2D eigenvalue weighted by atomic mass is 10.3. The molecule has 0 aromatic carbocycles. The molecule has 2 rings (SSSR count). The average Bonchev–Trinajstić information content (AvgIpc) is 2.99. The van der Waals surface area contributed by atoms with Gasteiger partial charge in [0.05, 0.1) is 17.6 Å². The Morgan fingerprint density at radius 2 is 2.35 bits per heavy atom. The number of hydrogen-bond acceptors (Lipinski definition) is 5. The van der Waals surface area contributed by atoms with Crippen LogP contribution in [-0.4, -0.2) is 26.9 Å². The first-order valence-electron chi connectivity index (χ1n) is 6.61. The Bertz CT molecular complexity index is 575. The molecule has 0 aliphatic carbocycles. The van der Waals surface area contributed by atoms with Gasteiger partial charge in [0.15, 0.2) is 0 Å². The van der Waals surface area contributed by atoms with Crippen LogP contribution in [0, 0.1) is 6.92 Å². The van der Waals surface area contributed by atoms with Gasteiger partial charge in [-0.3, -0.25) is 14.8 Å². The van der Waals surface area contributed by atoms with Gasteiger partial charge in [-0.05, 0) is 20.3 Å². The Hall–Kier alpha value is -2.31. The average molecular weight is 277 g/mol. The summed E-state index contributed by atoms with van der Waals surface area (Å²) >= 11 is 0. The first-order valence-corrected chi connectivity index (χ1v) is 6.61. The molecule has 2 aromatic rings. The minimum absolute atomic E-state index is 0.190. The van der Waals surface area contributed by atoms with Crippen molar-refractivity contribution in [2.24, 2.45) is 0 Å². The molecule has 0 aliphatic heterocycles. The van der Waals surface area contributed by atoms with Gasteiger partial charge < -0.3 is 9.84 Å². The van der Waals surface area contributed by atoms with Gasteiger partial charge in [0.2, 0.25) is 11.8 Å². The van der Waals surface area contributed by atoms with E-state index in [1.54, 1.807) is 26.1 Å². The summed E-state index contributed by atoms with van der Waals surface area (Å²) in [6.45, 7) is 6.52. The number of hydrogen-bond donors (Lipinski definition) is 2. The molecule has 0 saturated heterocycles. The maximum atomic E-state index is 12.0. The SMILES string of the molecule is CCCn1cc(NC(C)C(=O)Nc2cc(C)no2)cn1. The van der Waals surface area contributed by atoms with E-state index >= 15 is 0 Å². The molecule has 2 heterocycles. The highest BCUT2D eigenvalue weighted by Gasteiger charge is 2.15. The Morgan fingerprint density at radius 3 is 3.00 bits per heavy atom. The third-order valence-electron chi connectivity index (χ3n) is 2.74. The number of amides is 1. The molecule has 2 N–H and O–H groups in total. The summed E-state index contributed by atoms with van der Waals surface area (Å²) in [7, 11) is 0. The summed E-state index contributed by atoms with van der Waals surface area (Å²) < 4.78 is 6.79. The number of carbonyl (C=O) groups is 1. The van der Waals surface area contributed by atoms with Crippen LogP contribution in [0.25, 0.3) is 0 Å². The van der Waals surface area contributed by atoms with Gasteiger partial charge in [-0.25, -0.2) is 0 Å². The van der Waals surface area contributed by atoms with E-state index in [0.717, 1.165) is 24.3 Å². The smallest absolute Gasteiger partial charge is 0.248 e. The molecule has 0 fully saturated rings. The fourth-order valence-corrected chi connectivity index (χ4v) is 1.76. The number of aryl methyl sites for hydroxylation is 2. The maximum absolute atomic E-state index is 12.0. The van der Waals surface area contributed by atoms with E-state index in [1.807, 2.05) is 10.9 Å². The standard InChI is InChI=1S/C13H19N5O2/c1-4-5-18-8-11(7-14-18)15-10(3)13(19)16-12-6-9(2)17-20-12/h6-8,10,15H,4-5H2,1-3H3,(H,16,19). The molecule has 0 aliphatic rings. The molecule has 108 valence electrons. The lowest BCUT2D eigenvalue weighted by Crippen LogP contribution is -2.31. The topological polar surface area (TPSA) is 85.0 Å². The van der Waals surface area contributed by atoms with Crippen LogP contribution < -0.4 is 10.6 Å². The first-order chi connectivity index (χ1) is 9.58. The highest BCUT2D eigenvalue weighted by atomic mass is 16.5. The lowest BCUT2D eigenvalue weighted by Gasteiger charge is -2.12. The van der Waals surface area contributed by atoms with E-state index in [4.69, 9.17) is 4.52 Å². The molecule has 7 nitrogen and oxygen atoms in total. The zero-order valence-electron chi connectivity index (χ0n) is 11.9. The molecule has 1 atom stereocenters. The molecule has 0 radical (unpaired) electrons. The Labute approximate surface area is 117 Å². The summed E-state index contributed by atoms with van der Waals surface area (Å²) in [6, 6.07) is 1.27. The summed E-state index contributed by atoms with van der Waals surface area (Å²) in [5.41, 5.74) is 1.54. The molecule has 0 bridgehead atoms.